The number of rotatable bonds is 8. The summed E-state index contributed by atoms with van der Waals surface area (Å²) in [5, 5.41) is 4.67. The van der Waals surface area contributed by atoms with E-state index in [-0.39, 0.29) is 65.0 Å². The topological polar surface area (TPSA) is 172 Å². The zero-order valence-electron chi connectivity index (χ0n) is 58.7. The van der Waals surface area contributed by atoms with Gasteiger partial charge in [-0.15, -0.1) is 0 Å². The van der Waals surface area contributed by atoms with E-state index in [0.29, 0.717) is 13.1 Å². The molecular formula is C75H95B3N6O10. The van der Waals surface area contributed by atoms with E-state index < -0.39 is 25.2 Å². The fraction of sp³-hybridized carbons (Fsp3) is 0.467. The van der Waals surface area contributed by atoms with Crippen LogP contribution in [-0.4, -0.2) is 121 Å². The van der Waals surface area contributed by atoms with Gasteiger partial charge in [0.2, 0.25) is 0 Å². The number of likely N-dealkylation sites (tertiary alicyclic amines) is 2. The molecule has 0 unspecified atom stereocenters. The van der Waals surface area contributed by atoms with E-state index in [4.69, 9.17) is 47.4 Å². The van der Waals surface area contributed by atoms with Crippen molar-refractivity contribution in [3.63, 3.8) is 0 Å². The molecule has 7 heterocycles. The smallest absolute Gasteiger partial charge is 0.444 e. The minimum Gasteiger partial charge on any atom is -0.444 e. The molecule has 2 atom stereocenters. The van der Waals surface area contributed by atoms with Gasteiger partial charge < -0.3 is 47.4 Å². The first-order chi connectivity index (χ1) is 44.0. The van der Waals surface area contributed by atoms with Gasteiger partial charge >= 0.3 is 33.3 Å². The molecule has 0 spiro atoms. The van der Waals surface area contributed by atoms with Gasteiger partial charge in [-0.3, -0.25) is 9.80 Å². The summed E-state index contributed by atoms with van der Waals surface area (Å²) in [6.07, 6.45) is 6.78. The van der Waals surface area contributed by atoms with Gasteiger partial charge in [-0.2, -0.15) is 0 Å². The number of H-pyrrole nitrogens is 2. The van der Waals surface area contributed by atoms with Crippen molar-refractivity contribution in [1.82, 2.24) is 29.7 Å². The summed E-state index contributed by atoms with van der Waals surface area (Å²) >= 11 is 0. The quantitative estimate of drug-likeness (QED) is 0.138. The lowest BCUT2D eigenvalue weighted by Gasteiger charge is -2.32. The molecule has 16 nitrogen and oxygen atoms in total. The van der Waals surface area contributed by atoms with Crippen LogP contribution in [0.4, 0.5) is 9.59 Å². The molecule has 5 aliphatic rings. The molecule has 5 aliphatic heterocycles. The second kappa shape index (κ2) is 25.4. The maximum absolute atomic E-state index is 12.9. The highest BCUT2D eigenvalue weighted by atomic mass is 16.7. The average molecular weight is 1270 g/mol. The Bertz CT molecular complexity index is 3970. The van der Waals surface area contributed by atoms with Crippen LogP contribution in [-0.2, 0) is 37.4 Å². The number of carbonyl (C=O) groups is 2. The standard InChI is InChI=1S/C34H40BN3O4.C29H31N3O2.C12H24B2O4/c1-32(2,3)40-31(39)38-20-10-13-29(38)30-36-21-28(37-30)27-19-18-24(25-11-8-9-12-26(25)27)22-14-16-23(17-15-22)35-41-33(4,5)34(6,7)42-35;1-19-11-13-20(14-12-19)21-15-16-24(23-9-6-5-8-22(21)23)25-18-30-27(31-25)26-10-7-17-32(26)28(33)34-29(2,3)4;1-9(2)10(3,4)16-13(15-9)14-17-11(5,6)12(7,8)18-14/h8-9,11-12,14-19,21,29H,10,13,20H2,1-7H3,(H,36,37);5-6,8-9,11-16,18,26H,7,10,17H2,1-4H3,(H,30,31);1-8H3/t29-;26-;/m00./s1. The number of hydrogen-bond donors (Lipinski definition) is 2. The highest BCUT2D eigenvalue weighted by Crippen LogP contribution is 2.45. The normalized spacial score (nSPS) is 20.9. The minimum atomic E-state index is -0.536. The molecule has 0 aliphatic carbocycles. The van der Waals surface area contributed by atoms with Crippen molar-refractivity contribution in [3.8, 4) is 44.8 Å². The molecule has 6 aromatic carbocycles. The Kier molecular flexibility index (Phi) is 18.4. The lowest BCUT2D eigenvalue weighted by molar-refractivity contribution is 0.00578. The number of fused-ring (bicyclic) bond motifs is 2. The Hall–Kier alpha value is -7.25. The molecule has 0 saturated carbocycles. The molecule has 0 radical (unpaired) electrons. The van der Waals surface area contributed by atoms with E-state index in [1.54, 1.807) is 9.80 Å². The first kappa shape index (κ1) is 68.1. The fourth-order valence-corrected chi connectivity index (χ4v) is 12.6. The molecule has 2 amide bonds. The Morgan fingerprint density at radius 1 is 0.457 bits per heavy atom. The number of amides is 2. The Labute approximate surface area is 557 Å². The van der Waals surface area contributed by atoms with E-state index in [9.17, 15) is 9.59 Å². The lowest BCUT2D eigenvalue weighted by Crippen LogP contribution is -2.41. The molecule has 8 aromatic rings. The van der Waals surface area contributed by atoms with Gasteiger partial charge in [0.1, 0.15) is 22.9 Å². The summed E-state index contributed by atoms with van der Waals surface area (Å²) in [4.78, 5) is 45.7. The predicted octanol–water partition coefficient (Wildman–Crippen LogP) is 16.8. The second-order valence-corrected chi connectivity index (χ2v) is 30.8. The summed E-state index contributed by atoms with van der Waals surface area (Å²) < 4.78 is 47.6. The van der Waals surface area contributed by atoms with E-state index in [1.807, 2.05) is 109 Å². The second-order valence-electron chi connectivity index (χ2n) is 30.8. The summed E-state index contributed by atoms with van der Waals surface area (Å²) in [7, 11) is -1.34. The first-order valence-electron chi connectivity index (χ1n) is 33.4. The van der Waals surface area contributed by atoms with Crippen LogP contribution in [0.15, 0.2) is 134 Å². The zero-order valence-corrected chi connectivity index (χ0v) is 58.7. The van der Waals surface area contributed by atoms with Crippen molar-refractivity contribution in [2.24, 2.45) is 0 Å². The number of benzene rings is 6. The van der Waals surface area contributed by atoms with Crippen molar-refractivity contribution in [2.45, 2.75) is 214 Å². The van der Waals surface area contributed by atoms with E-state index in [2.05, 4.69) is 166 Å². The molecule has 2 N–H and O–H groups in total. The Balaban J connectivity index is 0.000000155. The van der Waals surface area contributed by atoms with E-state index in [1.165, 1.54) is 27.5 Å². The van der Waals surface area contributed by atoms with Gasteiger partial charge in [0.25, 0.3) is 0 Å². The monoisotopic (exact) mass is 1270 g/mol. The van der Waals surface area contributed by atoms with Crippen LogP contribution in [0.25, 0.3) is 66.3 Å². The van der Waals surface area contributed by atoms with Crippen LogP contribution < -0.4 is 5.46 Å². The Morgan fingerprint density at radius 2 is 0.777 bits per heavy atom. The molecule has 5 fully saturated rings. The summed E-state index contributed by atoms with van der Waals surface area (Å²) in [5.74, 6) is 1.60. The predicted molar refractivity (Wildman–Crippen MR) is 376 cm³/mol. The summed E-state index contributed by atoms with van der Waals surface area (Å²) in [6, 6.07) is 42.5. The van der Waals surface area contributed by atoms with Crippen LogP contribution >= 0.6 is 0 Å². The number of aromatic amines is 2. The first-order valence-corrected chi connectivity index (χ1v) is 33.4. The number of aromatic nitrogens is 4. The zero-order chi connectivity index (χ0) is 67.7. The number of hydrogen-bond acceptors (Lipinski definition) is 12. The third kappa shape index (κ3) is 14.0. The average Bonchev–Trinajstić information content (AvgIpc) is 1.28. The number of imidazole rings is 2. The summed E-state index contributed by atoms with van der Waals surface area (Å²) in [5.41, 5.74) is 7.78. The van der Waals surface area contributed by atoms with Gasteiger partial charge in [0.05, 0.1) is 69.5 Å². The van der Waals surface area contributed by atoms with Crippen LogP contribution in [0.3, 0.4) is 0 Å². The maximum atomic E-state index is 12.9. The van der Waals surface area contributed by atoms with Crippen molar-refractivity contribution < 1.29 is 47.0 Å². The van der Waals surface area contributed by atoms with E-state index >= 15 is 0 Å². The van der Waals surface area contributed by atoms with Crippen molar-refractivity contribution in [1.29, 1.82) is 0 Å². The van der Waals surface area contributed by atoms with Crippen molar-refractivity contribution in [2.75, 3.05) is 13.1 Å². The van der Waals surface area contributed by atoms with Gasteiger partial charge in [0.15, 0.2) is 0 Å². The fourth-order valence-electron chi connectivity index (χ4n) is 12.6. The number of carbonyl (C=O) groups excluding carboxylic acids is 2. The molecule has 2 aromatic heterocycles. The van der Waals surface area contributed by atoms with Gasteiger partial charge in [0, 0.05) is 24.2 Å². The van der Waals surface area contributed by atoms with Crippen LogP contribution in [0.5, 0.6) is 0 Å². The van der Waals surface area contributed by atoms with Crippen LogP contribution in [0.1, 0.15) is 180 Å². The molecule has 494 valence electrons. The van der Waals surface area contributed by atoms with Gasteiger partial charge in [-0.1, -0.05) is 127 Å². The molecular weight excluding hydrogens is 1180 g/mol. The summed E-state index contributed by atoms with van der Waals surface area (Å²) in [6.45, 7) is 39.3. The number of aryl methyl sites for hydroxylation is 1. The lowest BCUT2D eigenvalue weighted by atomic mass is 9.49. The number of nitrogens with one attached hydrogen (secondary N) is 2. The SMILES string of the molecule is CC(C)(C)OC(=O)N1CCC[C@H]1c1ncc(-c2ccc(-c3ccc(B4OC(C)(C)C(C)(C)O4)cc3)c3ccccc23)[nH]1.CC1(C)OB(B2OC(C)(C)C(C)(C)O2)OC1(C)C.Cc1ccc(-c2ccc(-c3cnc([C@@H]4CCCN4C(=O)OC(C)(C)C)[nH]3)c3ccccc23)cc1. The third-order valence-electron chi connectivity index (χ3n) is 19.9. The van der Waals surface area contributed by atoms with E-state index in [0.717, 1.165) is 87.2 Å². The van der Waals surface area contributed by atoms with Crippen molar-refractivity contribution in [3.05, 3.63) is 151 Å². The molecule has 94 heavy (non-hydrogen) atoms. The van der Waals surface area contributed by atoms with Gasteiger partial charge in [-0.25, -0.2) is 19.6 Å². The van der Waals surface area contributed by atoms with Crippen molar-refractivity contribution >= 4 is 60.3 Å². The molecule has 5 saturated heterocycles. The number of nitrogens with zero attached hydrogens (tertiary/aromatic N) is 4. The molecule has 0 bridgehead atoms. The number of ether oxygens (including phenoxy) is 2. The van der Waals surface area contributed by atoms with Gasteiger partial charge in [-0.05, 0) is 206 Å². The molecule has 13 rings (SSSR count). The minimum absolute atomic E-state index is 0.0957. The highest BCUT2D eigenvalue weighted by Gasteiger charge is 2.64. The Morgan fingerprint density at radius 3 is 1.13 bits per heavy atom. The van der Waals surface area contributed by atoms with Crippen LogP contribution in [0, 0.1) is 6.92 Å². The largest absolute Gasteiger partial charge is 0.494 e. The molecule has 19 heteroatoms. The van der Waals surface area contributed by atoms with Crippen LogP contribution in [0.2, 0.25) is 0 Å². The maximum Gasteiger partial charge on any atom is 0.494 e. The third-order valence-corrected chi connectivity index (χ3v) is 19.9. The highest BCUT2D eigenvalue weighted by molar-refractivity contribution is 7.11.